The van der Waals surface area contributed by atoms with Crippen molar-refractivity contribution in [3.63, 3.8) is 0 Å². The number of carbonyl (C=O) groups is 2. The van der Waals surface area contributed by atoms with Crippen molar-refractivity contribution in [2.24, 2.45) is 0 Å². The van der Waals surface area contributed by atoms with Crippen LogP contribution in [0.15, 0.2) is 97.1 Å². The highest BCUT2D eigenvalue weighted by atomic mass is 16.5. The summed E-state index contributed by atoms with van der Waals surface area (Å²) in [5.74, 6) is -1.02. The maximum Gasteiger partial charge on any atom is 0.331 e. The fraction of sp³-hybridized carbons (Fsp3) is 0.300. The minimum absolute atomic E-state index is 0.0126. The van der Waals surface area contributed by atoms with E-state index >= 15 is 0 Å². The monoisotopic (exact) mass is 746 g/mol. The molecule has 4 atom stereocenters. The van der Waals surface area contributed by atoms with E-state index in [0.717, 1.165) is 24.3 Å². The van der Waals surface area contributed by atoms with Crippen molar-refractivity contribution in [2.45, 2.75) is 37.1 Å². The van der Waals surface area contributed by atoms with Crippen molar-refractivity contribution in [3.05, 3.63) is 119 Å². The number of aliphatic hydroxyl groups excluding tert-OH is 2. The highest BCUT2D eigenvalue weighted by Crippen LogP contribution is 2.35. The molecule has 0 amide bonds. The van der Waals surface area contributed by atoms with E-state index in [9.17, 15) is 40.2 Å². The Labute approximate surface area is 312 Å². The normalized spacial score (nSPS) is 13.5. The van der Waals surface area contributed by atoms with Crippen molar-refractivity contribution < 1.29 is 59.2 Å². The number of aliphatic hydroxyl groups is 2. The van der Waals surface area contributed by atoms with Crippen LogP contribution >= 0.6 is 0 Å². The molecule has 14 nitrogen and oxygen atoms in total. The molecule has 0 spiro atoms. The number of aromatic hydroxyl groups is 4. The summed E-state index contributed by atoms with van der Waals surface area (Å²) >= 11 is 0. The molecule has 4 unspecified atom stereocenters. The molecule has 288 valence electrons. The van der Waals surface area contributed by atoms with Gasteiger partial charge in [0.2, 0.25) is 0 Å². The van der Waals surface area contributed by atoms with Crippen LogP contribution in [-0.2, 0) is 19.1 Å². The van der Waals surface area contributed by atoms with Gasteiger partial charge in [-0.25, -0.2) is 9.59 Å². The molecule has 0 saturated heterocycles. The van der Waals surface area contributed by atoms with Crippen molar-refractivity contribution >= 4 is 11.9 Å². The number of phenols is 4. The lowest BCUT2D eigenvalue weighted by Gasteiger charge is -2.25. The highest BCUT2D eigenvalue weighted by molar-refractivity contribution is 5.91. The topological polar surface area (TPSA) is 216 Å². The van der Waals surface area contributed by atoms with E-state index in [1.54, 1.807) is 62.8 Å². The molecular weight excluding hydrogens is 700 g/mol. The first-order valence-electron chi connectivity index (χ1n) is 17.2. The predicted octanol–water partition coefficient (Wildman–Crippen LogP) is 4.38. The van der Waals surface area contributed by atoms with Gasteiger partial charge in [-0.3, -0.25) is 0 Å². The molecule has 0 bridgehead atoms. The molecule has 0 aromatic heterocycles. The number of hydrogen-bond donors (Lipinski definition) is 8. The lowest BCUT2D eigenvalue weighted by molar-refractivity contribution is -0.140. The van der Waals surface area contributed by atoms with Crippen LogP contribution in [-0.4, -0.2) is 83.1 Å². The number of phenolic OH excluding ortho intramolecular Hbond substituents is 4. The van der Waals surface area contributed by atoms with Gasteiger partial charge in [0.05, 0.1) is 51.7 Å². The lowest BCUT2D eigenvalue weighted by Crippen LogP contribution is -2.29. The summed E-state index contributed by atoms with van der Waals surface area (Å²) in [6.07, 6.45) is 0.358. The molecule has 0 aliphatic heterocycles. The zero-order valence-corrected chi connectivity index (χ0v) is 29.9. The van der Waals surface area contributed by atoms with Crippen LogP contribution in [0, 0.1) is 0 Å². The number of methoxy groups -OCH3 is 2. The van der Waals surface area contributed by atoms with E-state index < -0.39 is 36.2 Å². The first-order valence-corrected chi connectivity index (χ1v) is 17.2. The molecule has 0 heterocycles. The lowest BCUT2D eigenvalue weighted by atomic mass is 9.95. The average Bonchev–Trinajstić information content (AvgIpc) is 3.15. The molecule has 54 heavy (non-hydrogen) atoms. The van der Waals surface area contributed by atoms with Crippen molar-refractivity contribution in [2.75, 3.05) is 40.5 Å². The average molecular weight is 747 g/mol. The minimum Gasteiger partial charge on any atom is -0.508 e. The van der Waals surface area contributed by atoms with E-state index in [4.69, 9.17) is 18.9 Å². The van der Waals surface area contributed by atoms with Gasteiger partial charge in [0.25, 0.3) is 0 Å². The maximum absolute atomic E-state index is 12.2. The Kier molecular flexibility index (Phi) is 15.5. The number of ether oxygens (including phenoxy) is 4. The van der Waals surface area contributed by atoms with Gasteiger partial charge in [-0.15, -0.1) is 0 Å². The van der Waals surface area contributed by atoms with E-state index in [2.05, 4.69) is 10.6 Å². The van der Waals surface area contributed by atoms with Crippen LogP contribution in [0.1, 0.15) is 59.4 Å². The van der Waals surface area contributed by atoms with Crippen LogP contribution in [0.2, 0.25) is 0 Å². The second kappa shape index (κ2) is 20.4. The third kappa shape index (κ3) is 12.4. The Balaban J connectivity index is 1.21. The predicted molar refractivity (Wildman–Crippen MR) is 197 cm³/mol. The summed E-state index contributed by atoms with van der Waals surface area (Å²) in [5, 5.41) is 68.4. The second-order valence-electron chi connectivity index (χ2n) is 12.2. The van der Waals surface area contributed by atoms with Crippen LogP contribution < -0.4 is 20.1 Å². The first-order chi connectivity index (χ1) is 26.0. The molecule has 14 heteroatoms. The summed E-state index contributed by atoms with van der Waals surface area (Å²) in [6, 6.07) is 20.5. The molecule has 4 aromatic rings. The number of hydrogen-bond acceptors (Lipinski definition) is 14. The van der Waals surface area contributed by atoms with Crippen molar-refractivity contribution in [1.29, 1.82) is 0 Å². The largest absolute Gasteiger partial charge is 0.508 e. The van der Waals surface area contributed by atoms with Gasteiger partial charge in [0, 0.05) is 24.3 Å². The standard InChI is InChI=1S/C40H46N2O12/c1-51-33-9-5-25(6-10-33)37(39(49)27-19-29(43)23-30(44)20-27)41-15-3-17-53-35(47)13-14-36(48)54-18-4-16-42-38(26-7-11-34(52-2)12-8-26)40(50)28-21-31(45)24-32(46)22-28/h5-14,19-24,37-46,49-50H,3-4,15-18H2,1-2H3/b14-13+. The Bertz CT molecular complexity index is 1660. The van der Waals surface area contributed by atoms with Crippen LogP contribution in [0.4, 0.5) is 0 Å². The van der Waals surface area contributed by atoms with Crippen LogP contribution in [0.3, 0.4) is 0 Å². The SMILES string of the molecule is COc1ccc(C(NCCCOC(=O)/C=C/C(=O)OCCCNC(c2ccc(OC)cc2)C(O)c2cc(O)cc(O)c2)C(O)c2cc(O)cc(O)c2)cc1. The summed E-state index contributed by atoms with van der Waals surface area (Å²) in [6.45, 7) is 0.661. The van der Waals surface area contributed by atoms with Gasteiger partial charge in [0.15, 0.2) is 0 Å². The van der Waals surface area contributed by atoms with Gasteiger partial charge in [-0.2, -0.15) is 0 Å². The fourth-order valence-corrected chi connectivity index (χ4v) is 5.65. The number of rotatable bonds is 20. The van der Waals surface area contributed by atoms with Crippen LogP contribution in [0.5, 0.6) is 34.5 Å². The number of carbonyl (C=O) groups excluding carboxylic acids is 2. The third-order valence-corrected chi connectivity index (χ3v) is 8.33. The summed E-state index contributed by atoms with van der Waals surface area (Å²) in [4.78, 5) is 24.4. The number of esters is 2. The van der Waals surface area contributed by atoms with Gasteiger partial charge in [0.1, 0.15) is 34.5 Å². The molecule has 0 radical (unpaired) electrons. The molecule has 0 fully saturated rings. The van der Waals surface area contributed by atoms with E-state index in [1.807, 2.05) is 0 Å². The fourth-order valence-electron chi connectivity index (χ4n) is 5.65. The molecule has 0 aliphatic carbocycles. The minimum atomic E-state index is -1.15. The van der Waals surface area contributed by atoms with Gasteiger partial charge in [-0.05, 0) is 96.7 Å². The molecule has 4 rings (SSSR count). The number of nitrogens with one attached hydrogen (secondary N) is 2. The molecule has 0 aliphatic rings. The smallest absolute Gasteiger partial charge is 0.331 e. The zero-order valence-electron chi connectivity index (χ0n) is 29.9. The summed E-state index contributed by atoms with van der Waals surface area (Å²) < 4.78 is 20.8. The Morgan fingerprint density at radius 2 is 0.889 bits per heavy atom. The summed E-state index contributed by atoms with van der Waals surface area (Å²) in [7, 11) is 3.08. The van der Waals surface area contributed by atoms with Crippen molar-refractivity contribution in [3.8, 4) is 34.5 Å². The van der Waals surface area contributed by atoms with Gasteiger partial charge < -0.3 is 60.2 Å². The van der Waals surface area contributed by atoms with E-state index in [-0.39, 0.29) is 36.2 Å². The maximum atomic E-state index is 12.2. The van der Waals surface area contributed by atoms with Crippen molar-refractivity contribution in [1.82, 2.24) is 10.6 Å². The number of benzene rings is 4. The quantitative estimate of drug-likeness (QED) is 0.0358. The van der Waals surface area contributed by atoms with Gasteiger partial charge >= 0.3 is 11.9 Å². The molecular formula is C40H46N2O12. The van der Waals surface area contributed by atoms with Gasteiger partial charge in [-0.1, -0.05) is 24.3 Å². The Hall–Kier alpha value is -5.80. The molecule has 0 saturated carbocycles. The Morgan fingerprint density at radius 1 is 0.556 bits per heavy atom. The van der Waals surface area contributed by atoms with Crippen LogP contribution in [0.25, 0.3) is 0 Å². The van der Waals surface area contributed by atoms with E-state index in [0.29, 0.717) is 59.7 Å². The second-order valence-corrected chi connectivity index (χ2v) is 12.2. The third-order valence-electron chi connectivity index (χ3n) is 8.33. The molecule has 4 aromatic carbocycles. The summed E-state index contributed by atoms with van der Waals surface area (Å²) in [5.41, 5.74) is 2.02. The molecule has 8 N–H and O–H groups in total. The van der Waals surface area contributed by atoms with E-state index in [1.165, 1.54) is 24.3 Å². The first kappa shape index (κ1) is 41.0. The highest BCUT2D eigenvalue weighted by Gasteiger charge is 2.25. The Morgan fingerprint density at radius 3 is 1.20 bits per heavy atom. The zero-order chi connectivity index (χ0) is 39.0.